The summed E-state index contributed by atoms with van der Waals surface area (Å²) in [7, 11) is 0. The average Bonchev–Trinajstić information content (AvgIpc) is 2.85. The van der Waals surface area contributed by atoms with Gasteiger partial charge in [0.1, 0.15) is 18.2 Å². The van der Waals surface area contributed by atoms with Crippen molar-refractivity contribution < 1.29 is 37.0 Å². The Hall–Kier alpha value is -4.31. The van der Waals surface area contributed by atoms with Crippen molar-refractivity contribution in [1.29, 1.82) is 0 Å². The molecule has 35 heavy (non-hydrogen) atoms. The smallest absolute Gasteiger partial charge is 0.255 e. The van der Waals surface area contributed by atoms with Crippen LogP contribution in [0.2, 0.25) is 0 Å². The second-order valence-electron chi connectivity index (χ2n) is 7.35. The van der Waals surface area contributed by atoms with E-state index in [1.807, 2.05) is 5.32 Å². The van der Waals surface area contributed by atoms with Gasteiger partial charge in [0.15, 0.2) is 23.2 Å². The molecule has 1 heterocycles. The summed E-state index contributed by atoms with van der Waals surface area (Å²) in [4.78, 5) is 29.5. The maximum absolute atomic E-state index is 15.1. The molecular formula is C25H16F4N2O4. The van der Waals surface area contributed by atoms with E-state index in [0.717, 1.165) is 12.1 Å². The minimum absolute atomic E-state index is 0.00957. The van der Waals surface area contributed by atoms with E-state index in [0.29, 0.717) is 22.7 Å². The van der Waals surface area contributed by atoms with E-state index in [9.17, 15) is 22.8 Å². The molecule has 0 spiro atoms. The van der Waals surface area contributed by atoms with Gasteiger partial charge in [-0.1, -0.05) is 6.07 Å². The first kappa shape index (κ1) is 23.8. The van der Waals surface area contributed by atoms with Gasteiger partial charge in [-0.15, -0.1) is 0 Å². The number of ether oxygens (including phenoxy) is 1. The molecule has 0 saturated heterocycles. The number of hydrogen-bond donors (Lipinski definition) is 2. The Morgan fingerprint density at radius 2 is 1.74 bits per heavy atom. The first-order valence-electron chi connectivity index (χ1n) is 10.2. The maximum atomic E-state index is 15.1. The number of carbonyl (C=O) groups excluding carboxylic acids is 2. The zero-order chi connectivity index (χ0) is 25.1. The minimum atomic E-state index is -1.73. The van der Waals surface area contributed by atoms with Crippen molar-refractivity contribution in [1.82, 2.24) is 4.98 Å². The van der Waals surface area contributed by atoms with E-state index in [1.165, 1.54) is 42.6 Å². The van der Waals surface area contributed by atoms with Gasteiger partial charge in [0, 0.05) is 22.6 Å². The fraction of sp³-hybridized carbons (Fsp3) is 0.0800. The van der Waals surface area contributed by atoms with E-state index in [4.69, 9.17) is 9.84 Å². The Kier molecular flexibility index (Phi) is 6.74. The summed E-state index contributed by atoms with van der Waals surface area (Å²) in [6, 6.07) is 10.4. The predicted molar refractivity (Wildman–Crippen MR) is 118 cm³/mol. The lowest BCUT2D eigenvalue weighted by molar-refractivity contribution is 0.101. The van der Waals surface area contributed by atoms with Gasteiger partial charge in [0.05, 0.1) is 29.6 Å². The molecule has 2 N–H and O–H groups in total. The molecule has 0 radical (unpaired) electrons. The molecule has 6 nitrogen and oxygen atoms in total. The summed E-state index contributed by atoms with van der Waals surface area (Å²) < 4.78 is 62.6. The summed E-state index contributed by atoms with van der Waals surface area (Å²) >= 11 is 0. The molecule has 1 amide bonds. The molecule has 0 aliphatic heterocycles. The lowest BCUT2D eigenvalue weighted by Gasteiger charge is -2.12. The van der Waals surface area contributed by atoms with E-state index >= 15 is 4.39 Å². The van der Waals surface area contributed by atoms with Crippen molar-refractivity contribution in [3.8, 4) is 5.75 Å². The number of nitrogens with zero attached hydrogens (tertiary/aromatic N) is 1. The Morgan fingerprint density at radius 1 is 0.943 bits per heavy atom. The largest absolute Gasteiger partial charge is 0.490 e. The van der Waals surface area contributed by atoms with Gasteiger partial charge in [0.25, 0.3) is 5.91 Å². The van der Waals surface area contributed by atoms with Crippen LogP contribution in [-0.4, -0.2) is 35.0 Å². The molecule has 0 bridgehead atoms. The number of ketones is 1. The number of nitrogens with one attached hydrogen (secondary N) is 1. The number of amides is 1. The topological polar surface area (TPSA) is 88.5 Å². The van der Waals surface area contributed by atoms with Gasteiger partial charge in [-0.05, 0) is 42.5 Å². The normalized spacial score (nSPS) is 10.9. The molecule has 0 saturated carbocycles. The predicted octanol–water partition coefficient (Wildman–Crippen LogP) is 4.65. The van der Waals surface area contributed by atoms with Crippen LogP contribution in [0.5, 0.6) is 5.75 Å². The monoisotopic (exact) mass is 484 g/mol. The highest BCUT2D eigenvalue weighted by Crippen LogP contribution is 2.28. The Morgan fingerprint density at radius 3 is 2.49 bits per heavy atom. The van der Waals surface area contributed by atoms with Crippen LogP contribution in [0, 0.1) is 23.3 Å². The van der Waals surface area contributed by atoms with Crippen molar-refractivity contribution in [3.05, 3.63) is 101 Å². The third kappa shape index (κ3) is 4.97. The van der Waals surface area contributed by atoms with Crippen molar-refractivity contribution in [2.75, 3.05) is 18.5 Å². The Labute approximate surface area is 195 Å². The number of aliphatic hydroxyl groups excluding tert-OH is 1. The maximum Gasteiger partial charge on any atom is 0.255 e. The number of anilines is 1. The summed E-state index contributed by atoms with van der Waals surface area (Å²) in [5.74, 6) is -7.38. The first-order valence-corrected chi connectivity index (χ1v) is 10.2. The lowest BCUT2D eigenvalue weighted by Crippen LogP contribution is -2.17. The van der Waals surface area contributed by atoms with Crippen LogP contribution in [0.1, 0.15) is 26.3 Å². The summed E-state index contributed by atoms with van der Waals surface area (Å²) in [5.41, 5.74) is -1.92. The summed E-state index contributed by atoms with van der Waals surface area (Å²) in [6.45, 7) is -0.220. The second kappa shape index (κ2) is 9.90. The van der Waals surface area contributed by atoms with Crippen LogP contribution >= 0.6 is 0 Å². The van der Waals surface area contributed by atoms with Crippen molar-refractivity contribution in [2.24, 2.45) is 0 Å². The quantitative estimate of drug-likeness (QED) is 0.227. The zero-order valence-corrected chi connectivity index (χ0v) is 17.8. The molecule has 10 heteroatoms. The molecule has 4 aromatic rings. The van der Waals surface area contributed by atoms with Crippen LogP contribution in [0.15, 0.2) is 60.8 Å². The van der Waals surface area contributed by atoms with Crippen LogP contribution < -0.4 is 10.1 Å². The fourth-order valence-corrected chi connectivity index (χ4v) is 3.36. The highest BCUT2D eigenvalue weighted by atomic mass is 19.2. The Bertz CT molecular complexity index is 1460. The van der Waals surface area contributed by atoms with Crippen LogP contribution in [-0.2, 0) is 0 Å². The number of fused-ring (bicyclic) bond motifs is 1. The highest BCUT2D eigenvalue weighted by molar-refractivity contribution is 6.12. The van der Waals surface area contributed by atoms with Gasteiger partial charge in [0.2, 0.25) is 0 Å². The van der Waals surface area contributed by atoms with Gasteiger partial charge in [-0.2, -0.15) is 0 Å². The minimum Gasteiger partial charge on any atom is -0.490 e. The number of aliphatic hydroxyl groups is 1. The van der Waals surface area contributed by atoms with Crippen LogP contribution in [0.25, 0.3) is 10.9 Å². The van der Waals surface area contributed by atoms with Crippen LogP contribution in [0.3, 0.4) is 0 Å². The molecule has 4 rings (SSSR count). The number of aromatic nitrogens is 1. The number of hydrogen-bond acceptors (Lipinski definition) is 5. The molecule has 0 aliphatic rings. The van der Waals surface area contributed by atoms with E-state index in [-0.39, 0.29) is 24.3 Å². The fourth-order valence-electron chi connectivity index (χ4n) is 3.36. The van der Waals surface area contributed by atoms with E-state index < -0.39 is 46.2 Å². The lowest BCUT2D eigenvalue weighted by atomic mass is 9.99. The number of pyridine rings is 1. The summed E-state index contributed by atoms with van der Waals surface area (Å²) in [6.07, 6.45) is 1.40. The van der Waals surface area contributed by atoms with Crippen molar-refractivity contribution >= 4 is 28.3 Å². The molecule has 1 aromatic heterocycles. The number of rotatable bonds is 7. The molecule has 0 aliphatic carbocycles. The van der Waals surface area contributed by atoms with Gasteiger partial charge < -0.3 is 15.2 Å². The number of halogens is 4. The molecule has 0 atom stereocenters. The third-order valence-electron chi connectivity index (χ3n) is 5.00. The van der Waals surface area contributed by atoms with Crippen molar-refractivity contribution in [2.45, 2.75) is 0 Å². The van der Waals surface area contributed by atoms with Gasteiger partial charge in [-0.25, -0.2) is 17.6 Å². The highest BCUT2D eigenvalue weighted by Gasteiger charge is 2.26. The molecule has 0 fully saturated rings. The SMILES string of the molecule is O=C(Nc1cc(F)c(F)c(C(=O)c2ccc3ncc(OCCO)cc3c2)c1F)c1cccc(F)c1. The zero-order valence-electron chi connectivity index (χ0n) is 17.8. The first-order chi connectivity index (χ1) is 16.8. The van der Waals surface area contributed by atoms with Gasteiger partial charge >= 0.3 is 0 Å². The third-order valence-corrected chi connectivity index (χ3v) is 5.00. The molecular weight excluding hydrogens is 468 g/mol. The summed E-state index contributed by atoms with van der Waals surface area (Å²) in [5, 5.41) is 11.3. The van der Waals surface area contributed by atoms with Gasteiger partial charge in [-0.3, -0.25) is 14.6 Å². The number of carbonyl (C=O) groups is 2. The second-order valence-corrected chi connectivity index (χ2v) is 7.35. The Balaban J connectivity index is 1.71. The standard InChI is InChI=1S/C25H16F4N2O4/c26-16-3-1-2-14(9-16)25(34)31-20-11-18(27)22(28)21(23(20)29)24(33)13-4-5-19-15(8-13)10-17(12-30-19)35-7-6-32/h1-5,8-12,32H,6-7H2,(H,31,34). The molecule has 3 aromatic carbocycles. The molecule has 178 valence electrons. The van der Waals surface area contributed by atoms with Crippen LogP contribution in [0.4, 0.5) is 23.2 Å². The molecule has 0 unspecified atom stereocenters. The van der Waals surface area contributed by atoms with E-state index in [2.05, 4.69) is 4.98 Å². The van der Waals surface area contributed by atoms with Crippen molar-refractivity contribution in [3.63, 3.8) is 0 Å². The number of benzene rings is 3. The average molecular weight is 484 g/mol. The van der Waals surface area contributed by atoms with E-state index in [1.54, 1.807) is 0 Å².